The zero-order chi connectivity index (χ0) is 25.7. The predicted octanol–water partition coefficient (Wildman–Crippen LogP) is 5.45. The predicted molar refractivity (Wildman–Crippen MR) is 144 cm³/mol. The minimum absolute atomic E-state index is 0.0847. The number of halogens is 1. The zero-order valence-corrected chi connectivity index (χ0v) is 22.3. The standard InChI is InChI=1S/C25H25ClN6O2S2/c1-15(2)21(29-23(34)17-7-5-4-6-8-17)22-30-31-25(32(22)3)36-14-20(33)28-24-27-19(13-35-24)16-9-11-18(26)12-10-16/h4-13,15,21H,14H2,1-3H3,(H,29,34)(H,27,28,33). The molecule has 186 valence electrons. The van der Waals surface area contributed by atoms with Gasteiger partial charge in [-0.05, 0) is 30.2 Å². The Labute approximate surface area is 222 Å². The summed E-state index contributed by atoms with van der Waals surface area (Å²) in [5.41, 5.74) is 2.28. The summed E-state index contributed by atoms with van der Waals surface area (Å²) in [5.74, 6) is 0.489. The van der Waals surface area contributed by atoms with Crippen molar-refractivity contribution in [2.24, 2.45) is 13.0 Å². The molecule has 4 aromatic rings. The number of thiazole rings is 1. The van der Waals surface area contributed by atoms with Crippen molar-refractivity contribution < 1.29 is 9.59 Å². The van der Waals surface area contributed by atoms with Crippen molar-refractivity contribution in [3.05, 3.63) is 76.4 Å². The molecule has 4 rings (SSSR count). The summed E-state index contributed by atoms with van der Waals surface area (Å²) in [6.07, 6.45) is 0. The van der Waals surface area contributed by atoms with Crippen LogP contribution in [0.25, 0.3) is 11.3 Å². The van der Waals surface area contributed by atoms with E-state index in [-0.39, 0.29) is 29.5 Å². The van der Waals surface area contributed by atoms with Crippen LogP contribution in [-0.4, -0.2) is 37.3 Å². The van der Waals surface area contributed by atoms with Crippen molar-refractivity contribution >= 4 is 51.6 Å². The Morgan fingerprint density at radius 2 is 1.81 bits per heavy atom. The topological polar surface area (TPSA) is 102 Å². The number of thioether (sulfide) groups is 1. The summed E-state index contributed by atoms with van der Waals surface area (Å²) in [6.45, 7) is 4.02. The Balaban J connectivity index is 1.36. The monoisotopic (exact) mass is 540 g/mol. The summed E-state index contributed by atoms with van der Waals surface area (Å²) in [7, 11) is 1.83. The molecule has 0 bridgehead atoms. The maximum atomic E-state index is 12.7. The third-order valence-electron chi connectivity index (χ3n) is 5.36. The van der Waals surface area contributed by atoms with Crippen LogP contribution >= 0.6 is 34.7 Å². The Morgan fingerprint density at radius 3 is 2.50 bits per heavy atom. The number of amides is 2. The van der Waals surface area contributed by atoms with Crippen LogP contribution in [0.15, 0.2) is 65.1 Å². The van der Waals surface area contributed by atoms with Gasteiger partial charge in [0.25, 0.3) is 5.91 Å². The second-order valence-corrected chi connectivity index (χ2v) is 10.6. The smallest absolute Gasteiger partial charge is 0.251 e. The number of aromatic nitrogens is 4. The number of carbonyl (C=O) groups excluding carboxylic acids is 2. The van der Waals surface area contributed by atoms with Gasteiger partial charge in [-0.2, -0.15) is 0 Å². The fourth-order valence-corrected chi connectivity index (χ4v) is 5.02. The molecule has 1 unspecified atom stereocenters. The molecule has 2 amide bonds. The van der Waals surface area contributed by atoms with E-state index in [2.05, 4.69) is 25.8 Å². The largest absolute Gasteiger partial charge is 0.342 e. The molecule has 0 fully saturated rings. The molecule has 2 aromatic carbocycles. The van der Waals surface area contributed by atoms with Crippen molar-refractivity contribution in [3.63, 3.8) is 0 Å². The highest BCUT2D eigenvalue weighted by atomic mass is 35.5. The quantitative estimate of drug-likeness (QED) is 0.274. The molecule has 0 saturated carbocycles. The lowest BCUT2D eigenvalue weighted by atomic mass is 10.0. The lowest BCUT2D eigenvalue weighted by Crippen LogP contribution is -2.33. The normalized spacial score (nSPS) is 11.9. The van der Waals surface area contributed by atoms with Gasteiger partial charge < -0.3 is 15.2 Å². The van der Waals surface area contributed by atoms with Crippen molar-refractivity contribution in [1.82, 2.24) is 25.1 Å². The molecule has 0 aliphatic heterocycles. The van der Waals surface area contributed by atoms with Crippen LogP contribution in [0.2, 0.25) is 5.02 Å². The first-order chi connectivity index (χ1) is 17.3. The van der Waals surface area contributed by atoms with Crippen molar-refractivity contribution in [3.8, 4) is 11.3 Å². The molecule has 1 atom stereocenters. The lowest BCUT2D eigenvalue weighted by molar-refractivity contribution is -0.113. The number of anilines is 1. The van der Waals surface area contributed by atoms with Gasteiger partial charge in [-0.25, -0.2) is 4.98 Å². The molecule has 0 aliphatic rings. The minimum atomic E-state index is -0.333. The van der Waals surface area contributed by atoms with Gasteiger partial charge in [0.1, 0.15) is 0 Å². The van der Waals surface area contributed by atoms with E-state index in [4.69, 9.17) is 11.6 Å². The number of rotatable bonds is 9. The van der Waals surface area contributed by atoms with Gasteiger partial charge in [-0.1, -0.05) is 67.5 Å². The van der Waals surface area contributed by atoms with Crippen molar-refractivity contribution in [2.75, 3.05) is 11.1 Å². The fourth-order valence-electron chi connectivity index (χ4n) is 3.44. The van der Waals surface area contributed by atoms with E-state index in [1.165, 1.54) is 23.1 Å². The van der Waals surface area contributed by atoms with Gasteiger partial charge in [-0.15, -0.1) is 21.5 Å². The number of benzene rings is 2. The van der Waals surface area contributed by atoms with Crippen LogP contribution in [0, 0.1) is 5.92 Å². The van der Waals surface area contributed by atoms with E-state index >= 15 is 0 Å². The highest BCUT2D eigenvalue weighted by molar-refractivity contribution is 7.99. The van der Waals surface area contributed by atoms with E-state index in [1.54, 1.807) is 24.3 Å². The van der Waals surface area contributed by atoms with Crippen LogP contribution in [0.1, 0.15) is 36.1 Å². The summed E-state index contributed by atoms with van der Waals surface area (Å²) >= 11 is 8.57. The average molecular weight is 541 g/mol. The molecular weight excluding hydrogens is 516 g/mol. The van der Waals surface area contributed by atoms with Crippen LogP contribution in [0.5, 0.6) is 0 Å². The first-order valence-corrected chi connectivity index (χ1v) is 13.5. The fraction of sp³-hybridized carbons (Fsp3) is 0.240. The van der Waals surface area contributed by atoms with Crippen LogP contribution in [-0.2, 0) is 11.8 Å². The molecule has 2 N–H and O–H groups in total. The highest BCUT2D eigenvalue weighted by Crippen LogP contribution is 2.27. The number of carbonyl (C=O) groups is 2. The van der Waals surface area contributed by atoms with Crippen molar-refractivity contribution in [2.45, 2.75) is 25.0 Å². The SMILES string of the molecule is CC(C)C(NC(=O)c1ccccc1)c1nnc(SCC(=O)Nc2nc(-c3ccc(Cl)cc3)cs2)n1C. The van der Waals surface area contributed by atoms with Gasteiger partial charge in [0, 0.05) is 28.6 Å². The lowest BCUT2D eigenvalue weighted by Gasteiger charge is -2.21. The molecule has 8 nitrogen and oxygen atoms in total. The van der Waals surface area contributed by atoms with Crippen LogP contribution < -0.4 is 10.6 Å². The molecule has 2 aromatic heterocycles. The molecular formula is C25H25ClN6O2S2. The summed E-state index contributed by atoms with van der Waals surface area (Å²) in [6, 6.07) is 16.1. The van der Waals surface area contributed by atoms with Crippen LogP contribution in [0.3, 0.4) is 0 Å². The van der Waals surface area contributed by atoms with Crippen molar-refractivity contribution in [1.29, 1.82) is 0 Å². The number of nitrogens with one attached hydrogen (secondary N) is 2. The Morgan fingerprint density at radius 1 is 1.08 bits per heavy atom. The maximum Gasteiger partial charge on any atom is 0.251 e. The third-order valence-corrected chi connectivity index (χ3v) is 7.39. The Bertz CT molecular complexity index is 1340. The Hall–Kier alpha value is -3.21. The summed E-state index contributed by atoms with van der Waals surface area (Å²) < 4.78 is 1.82. The zero-order valence-electron chi connectivity index (χ0n) is 19.9. The number of hydrogen-bond acceptors (Lipinski definition) is 7. The van der Waals surface area contributed by atoms with Gasteiger partial charge in [0.05, 0.1) is 17.5 Å². The van der Waals surface area contributed by atoms with E-state index in [9.17, 15) is 9.59 Å². The summed E-state index contributed by atoms with van der Waals surface area (Å²) in [5, 5.41) is 18.1. The second-order valence-electron chi connectivity index (χ2n) is 8.34. The first kappa shape index (κ1) is 25.9. The highest BCUT2D eigenvalue weighted by Gasteiger charge is 2.25. The first-order valence-electron chi connectivity index (χ1n) is 11.2. The molecule has 0 saturated heterocycles. The van der Waals surface area contributed by atoms with E-state index < -0.39 is 0 Å². The van der Waals surface area contributed by atoms with Gasteiger partial charge in [-0.3, -0.25) is 9.59 Å². The molecule has 11 heteroatoms. The Kier molecular flexibility index (Phi) is 8.40. The van der Waals surface area contributed by atoms with E-state index in [0.29, 0.717) is 26.7 Å². The molecule has 36 heavy (non-hydrogen) atoms. The minimum Gasteiger partial charge on any atom is -0.342 e. The van der Waals surface area contributed by atoms with Gasteiger partial charge >= 0.3 is 0 Å². The molecule has 0 aliphatic carbocycles. The van der Waals surface area contributed by atoms with Gasteiger partial charge in [0.15, 0.2) is 16.1 Å². The van der Waals surface area contributed by atoms with E-state index in [0.717, 1.165) is 11.3 Å². The number of hydrogen-bond donors (Lipinski definition) is 2. The van der Waals surface area contributed by atoms with Crippen LogP contribution in [0.4, 0.5) is 5.13 Å². The second kappa shape index (κ2) is 11.7. The summed E-state index contributed by atoms with van der Waals surface area (Å²) in [4.78, 5) is 29.7. The molecule has 0 radical (unpaired) electrons. The third kappa shape index (κ3) is 6.31. The van der Waals surface area contributed by atoms with Gasteiger partial charge in [0.2, 0.25) is 5.91 Å². The average Bonchev–Trinajstić information content (AvgIpc) is 3.48. The maximum absolute atomic E-state index is 12.7. The van der Waals surface area contributed by atoms with E-state index in [1.807, 2.05) is 61.2 Å². The number of nitrogens with zero attached hydrogens (tertiary/aromatic N) is 4. The molecule has 2 heterocycles. The molecule has 0 spiro atoms.